The Morgan fingerprint density at radius 1 is 1.21 bits per heavy atom. The molecule has 0 amide bonds. The van der Waals surface area contributed by atoms with Crippen LogP contribution < -0.4 is 0 Å². The Morgan fingerprint density at radius 2 is 2.03 bits per heavy atom. The number of aromatic nitrogens is 4. The molecule has 0 atom stereocenters. The molecular weight excluding hydrogens is 373 g/mol. The molecule has 7 nitrogen and oxygen atoms in total. The quantitative estimate of drug-likeness (QED) is 0.465. The largest absolute Gasteiger partial charge is 0.478 e. The molecule has 4 aromatic rings. The molecule has 0 saturated carbocycles. The summed E-state index contributed by atoms with van der Waals surface area (Å²) in [5.74, 6) is -1.41. The summed E-state index contributed by atoms with van der Waals surface area (Å²) in [5, 5.41) is 10.2. The number of carboxylic acid groups (broad SMARTS) is 1. The smallest absolute Gasteiger partial charge is 0.338 e. The standard InChI is InChI=1S/C21H20FN5O2/c1-27(2)11-8-16-25-18(12-6-9-23-20-13(12)7-10-24-20)19(26-16)14-4-3-5-15(17(14)22)21(28)29/h3-7,9-10H,8,11H2,1-2H3,(H,23,24)(H,25,26)(H,28,29). The lowest BCUT2D eigenvalue weighted by molar-refractivity contribution is 0.0692. The summed E-state index contributed by atoms with van der Waals surface area (Å²) < 4.78 is 15.0. The first-order chi connectivity index (χ1) is 14.0. The van der Waals surface area contributed by atoms with Crippen LogP contribution in [0, 0.1) is 5.82 Å². The first-order valence-corrected chi connectivity index (χ1v) is 9.14. The van der Waals surface area contributed by atoms with Crippen molar-refractivity contribution in [3.63, 3.8) is 0 Å². The number of carboxylic acids is 1. The third-order valence-electron chi connectivity index (χ3n) is 4.76. The number of imidazole rings is 1. The van der Waals surface area contributed by atoms with E-state index in [4.69, 9.17) is 0 Å². The van der Waals surface area contributed by atoms with E-state index in [1.165, 1.54) is 12.1 Å². The second kappa shape index (κ2) is 7.48. The summed E-state index contributed by atoms with van der Waals surface area (Å²) in [6.45, 7) is 0.764. The average Bonchev–Trinajstić information content (AvgIpc) is 3.33. The molecule has 3 N–H and O–H groups in total. The zero-order chi connectivity index (χ0) is 20.5. The van der Waals surface area contributed by atoms with E-state index < -0.39 is 11.8 Å². The maximum atomic E-state index is 15.0. The molecule has 0 aliphatic carbocycles. The van der Waals surface area contributed by atoms with Gasteiger partial charge in [0.15, 0.2) is 0 Å². The van der Waals surface area contributed by atoms with Crippen LogP contribution >= 0.6 is 0 Å². The van der Waals surface area contributed by atoms with E-state index in [-0.39, 0.29) is 11.1 Å². The van der Waals surface area contributed by atoms with Gasteiger partial charge >= 0.3 is 5.97 Å². The maximum Gasteiger partial charge on any atom is 0.338 e. The van der Waals surface area contributed by atoms with Crippen LogP contribution in [0.5, 0.6) is 0 Å². The van der Waals surface area contributed by atoms with Gasteiger partial charge in [0.1, 0.15) is 17.3 Å². The molecule has 148 valence electrons. The fourth-order valence-electron chi connectivity index (χ4n) is 3.32. The van der Waals surface area contributed by atoms with Crippen molar-refractivity contribution in [3.05, 3.63) is 59.9 Å². The van der Waals surface area contributed by atoms with Gasteiger partial charge in [-0.3, -0.25) is 0 Å². The van der Waals surface area contributed by atoms with Crippen molar-refractivity contribution >= 4 is 17.0 Å². The van der Waals surface area contributed by atoms with Gasteiger partial charge in [0.2, 0.25) is 0 Å². The lowest BCUT2D eigenvalue weighted by Crippen LogP contribution is -2.15. The van der Waals surface area contributed by atoms with Gasteiger partial charge in [-0.05, 0) is 38.4 Å². The molecule has 1 aromatic carbocycles. The number of fused-ring (bicyclic) bond motifs is 1. The summed E-state index contributed by atoms with van der Waals surface area (Å²) >= 11 is 0. The van der Waals surface area contributed by atoms with E-state index in [0.717, 1.165) is 17.5 Å². The second-order valence-electron chi connectivity index (χ2n) is 7.03. The van der Waals surface area contributed by atoms with E-state index in [1.807, 2.05) is 31.1 Å². The second-order valence-corrected chi connectivity index (χ2v) is 7.03. The van der Waals surface area contributed by atoms with Crippen LogP contribution in [-0.2, 0) is 6.42 Å². The predicted octanol–water partition coefficient (Wildman–Crippen LogP) is 3.56. The number of rotatable bonds is 6. The lowest BCUT2D eigenvalue weighted by Gasteiger charge is -2.07. The number of benzene rings is 1. The van der Waals surface area contributed by atoms with E-state index in [2.05, 4.69) is 19.9 Å². The molecule has 8 heteroatoms. The van der Waals surface area contributed by atoms with E-state index in [1.54, 1.807) is 18.5 Å². The summed E-state index contributed by atoms with van der Waals surface area (Å²) in [7, 11) is 3.93. The number of nitrogens with one attached hydrogen (secondary N) is 2. The molecule has 0 saturated heterocycles. The van der Waals surface area contributed by atoms with Crippen LogP contribution in [0.4, 0.5) is 4.39 Å². The molecule has 3 heterocycles. The summed E-state index contributed by atoms with van der Waals surface area (Å²) in [6, 6.07) is 8.05. The van der Waals surface area contributed by atoms with Crippen LogP contribution in [0.2, 0.25) is 0 Å². The Hall–Kier alpha value is -3.52. The lowest BCUT2D eigenvalue weighted by atomic mass is 10.0. The van der Waals surface area contributed by atoms with Gasteiger partial charge in [-0.25, -0.2) is 19.2 Å². The zero-order valence-electron chi connectivity index (χ0n) is 16.0. The minimum absolute atomic E-state index is 0.146. The van der Waals surface area contributed by atoms with Crippen molar-refractivity contribution in [1.82, 2.24) is 24.8 Å². The first-order valence-electron chi connectivity index (χ1n) is 9.14. The van der Waals surface area contributed by atoms with E-state index in [0.29, 0.717) is 29.3 Å². The van der Waals surface area contributed by atoms with Crippen molar-refractivity contribution in [2.75, 3.05) is 20.6 Å². The molecule has 3 aromatic heterocycles. The van der Waals surface area contributed by atoms with Crippen molar-refractivity contribution in [2.24, 2.45) is 0 Å². The number of nitrogens with zero attached hydrogens (tertiary/aromatic N) is 3. The van der Waals surface area contributed by atoms with E-state index in [9.17, 15) is 9.90 Å². The maximum absolute atomic E-state index is 15.0. The highest BCUT2D eigenvalue weighted by molar-refractivity contribution is 5.96. The Labute approximate surface area is 166 Å². The van der Waals surface area contributed by atoms with Crippen LogP contribution in [0.25, 0.3) is 33.5 Å². The van der Waals surface area contributed by atoms with Gasteiger partial charge in [-0.2, -0.15) is 0 Å². The summed E-state index contributed by atoms with van der Waals surface area (Å²) in [4.78, 5) is 28.8. The molecule has 0 aliphatic heterocycles. The molecule has 0 aliphatic rings. The van der Waals surface area contributed by atoms with Crippen molar-refractivity contribution < 1.29 is 14.3 Å². The van der Waals surface area contributed by atoms with Crippen LogP contribution in [0.3, 0.4) is 0 Å². The summed E-state index contributed by atoms with van der Waals surface area (Å²) in [5.41, 5.74) is 2.30. The number of likely N-dealkylation sites (N-methyl/N-ethyl adjacent to an activating group) is 1. The fourth-order valence-corrected chi connectivity index (χ4v) is 3.32. The van der Waals surface area contributed by atoms with Crippen molar-refractivity contribution in [2.45, 2.75) is 6.42 Å². The Kier molecular flexibility index (Phi) is 4.85. The van der Waals surface area contributed by atoms with Gasteiger partial charge in [0.25, 0.3) is 0 Å². The number of halogens is 1. The molecule has 0 radical (unpaired) electrons. The Balaban J connectivity index is 1.93. The fraction of sp³-hybridized carbons (Fsp3) is 0.190. The number of H-pyrrole nitrogens is 2. The van der Waals surface area contributed by atoms with Gasteiger partial charge in [0.05, 0.1) is 17.0 Å². The SMILES string of the molecule is CN(C)CCc1nc(-c2cccc(C(=O)O)c2F)c(-c2ccnc3[nH]ccc23)[nH]1. The van der Waals surface area contributed by atoms with Gasteiger partial charge < -0.3 is 20.0 Å². The molecule has 0 bridgehead atoms. The Morgan fingerprint density at radius 3 is 2.79 bits per heavy atom. The van der Waals surface area contributed by atoms with Crippen LogP contribution in [0.1, 0.15) is 16.2 Å². The number of hydrogen-bond acceptors (Lipinski definition) is 4. The minimum atomic E-state index is -1.31. The molecule has 29 heavy (non-hydrogen) atoms. The first kappa shape index (κ1) is 18.8. The normalized spacial score (nSPS) is 11.4. The third-order valence-corrected chi connectivity index (χ3v) is 4.76. The molecule has 0 spiro atoms. The van der Waals surface area contributed by atoms with E-state index >= 15 is 4.39 Å². The molecule has 4 rings (SSSR count). The van der Waals surface area contributed by atoms with Gasteiger partial charge in [-0.15, -0.1) is 0 Å². The zero-order valence-corrected chi connectivity index (χ0v) is 16.0. The monoisotopic (exact) mass is 393 g/mol. The topological polar surface area (TPSA) is 97.9 Å². The number of aromatic carboxylic acids is 1. The number of pyridine rings is 1. The van der Waals surface area contributed by atoms with Crippen LogP contribution in [0.15, 0.2) is 42.7 Å². The average molecular weight is 393 g/mol. The minimum Gasteiger partial charge on any atom is -0.478 e. The predicted molar refractivity (Wildman–Crippen MR) is 108 cm³/mol. The number of aromatic amines is 2. The molecular formula is C21H20FN5O2. The van der Waals surface area contributed by atoms with Crippen molar-refractivity contribution in [1.29, 1.82) is 0 Å². The van der Waals surface area contributed by atoms with Gasteiger partial charge in [-0.1, -0.05) is 6.07 Å². The highest BCUT2D eigenvalue weighted by Gasteiger charge is 2.22. The molecule has 0 fully saturated rings. The number of carbonyl (C=O) groups is 1. The third kappa shape index (κ3) is 3.50. The van der Waals surface area contributed by atoms with Crippen molar-refractivity contribution in [3.8, 4) is 22.5 Å². The highest BCUT2D eigenvalue weighted by atomic mass is 19.1. The highest BCUT2D eigenvalue weighted by Crippen LogP contribution is 2.35. The van der Waals surface area contributed by atoms with Gasteiger partial charge in [0, 0.05) is 41.9 Å². The molecule has 0 unspecified atom stereocenters. The van der Waals surface area contributed by atoms with Crippen LogP contribution in [-0.4, -0.2) is 56.6 Å². The number of hydrogen-bond donors (Lipinski definition) is 3. The summed E-state index contributed by atoms with van der Waals surface area (Å²) in [6.07, 6.45) is 4.10. The Bertz CT molecular complexity index is 1190.